The van der Waals surface area contributed by atoms with Gasteiger partial charge in [-0.1, -0.05) is 0 Å². The van der Waals surface area contributed by atoms with E-state index in [4.69, 9.17) is 16.6 Å². The van der Waals surface area contributed by atoms with Gasteiger partial charge in [0.25, 0.3) is 5.91 Å². The van der Waals surface area contributed by atoms with E-state index in [0.29, 0.717) is 44.6 Å². The number of nitrogens with two attached hydrogens (primary N) is 2. The van der Waals surface area contributed by atoms with E-state index in [9.17, 15) is 29.6 Å². The van der Waals surface area contributed by atoms with Crippen LogP contribution >= 0.6 is 11.8 Å². The lowest BCUT2D eigenvalue weighted by atomic mass is 10.1. The molecule has 0 unspecified atom stereocenters. The largest absolute Gasteiger partial charge is 0.481 e. The SMILES string of the molecule is CN(Cc1cnc2nc(N)nc(N)c2n1)c1ccc(C(=O)N[C@@H](CCC(=O)O)C(=O)O)cc1.Cn1cnc([N+](=O)[O-])c1Sc1ncnc2nc[nH]c12. The number of amides is 1. The predicted octanol–water partition coefficient (Wildman–Crippen LogP) is 1.41. The Labute approximate surface area is 295 Å². The third-order valence-electron chi connectivity index (χ3n) is 7.14. The van der Waals surface area contributed by atoms with Gasteiger partial charge in [0.15, 0.2) is 27.7 Å². The van der Waals surface area contributed by atoms with Gasteiger partial charge in [-0.05, 0) is 52.4 Å². The van der Waals surface area contributed by atoms with Crippen LogP contribution in [0.25, 0.3) is 22.3 Å². The summed E-state index contributed by atoms with van der Waals surface area (Å²) in [5, 5.41) is 32.1. The van der Waals surface area contributed by atoms with E-state index in [1.54, 1.807) is 29.9 Å². The van der Waals surface area contributed by atoms with Crippen molar-refractivity contribution in [2.24, 2.45) is 7.05 Å². The number of aromatic nitrogens is 10. The second-order valence-electron chi connectivity index (χ2n) is 10.8. The maximum absolute atomic E-state index is 12.4. The molecule has 0 aliphatic rings. The number of benzene rings is 1. The van der Waals surface area contributed by atoms with Gasteiger partial charge in [0.1, 0.15) is 22.9 Å². The highest BCUT2D eigenvalue weighted by atomic mass is 32.2. The molecule has 1 amide bonds. The van der Waals surface area contributed by atoms with Gasteiger partial charge in [-0.2, -0.15) is 9.97 Å². The minimum atomic E-state index is -1.30. The molecule has 52 heavy (non-hydrogen) atoms. The molecule has 0 radical (unpaired) electrons. The van der Waals surface area contributed by atoms with Crippen molar-refractivity contribution in [2.75, 3.05) is 23.4 Å². The number of aromatic amines is 1. The Kier molecular flexibility index (Phi) is 10.9. The molecule has 23 heteroatoms. The number of fused-ring (bicyclic) bond motifs is 2. The first-order valence-corrected chi connectivity index (χ1v) is 15.7. The lowest BCUT2D eigenvalue weighted by Gasteiger charge is -2.19. The molecule has 5 heterocycles. The maximum Gasteiger partial charge on any atom is 0.396 e. The second-order valence-corrected chi connectivity index (χ2v) is 11.8. The zero-order valence-corrected chi connectivity index (χ0v) is 28.1. The van der Waals surface area contributed by atoms with E-state index in [1.807, 2.05) is 11.9 Å². The van der Waals surface area contributed by atoms with E-state index in [2.05, 4.69) is 50.2 Å². The van der Waals surface area contributed by atoms with Crippen LogP contribution in [0.5, 0.6) is 0 Å². The van der Waals surface area contributed by atoms with Gasteiger partial charge in [-0.15, -0.1) is 0 Å². The number of nitrogens with zero attached hydrogens (tertiary/aromatic N) is 11. The van der Waals surface area contributed by atoms with Crippen molar-refractivity contribution in [1.29, 1.82) is 0 Å². The third kappa shape index (κ3) is 8.57. The number of nitrogens with one attached hydrogen (secondary N) is 2. The molecule has 0 bridgehead atoms. The van der Waals surface area contributed by atoms with Crippen LogP contribution in [-0.4, -0.2) is 95.5 Å². The molecule has 268 valence electrons. The molecule has 0 spiro atoms. The molecule has 0 aliphatic carbocycles. The molecular weight excluding hydrogens is 702 g/mol. The predicted molar refractivity (Wildman–Crippen MR) is 184 cm³/mol. The van der Waals surface area contributed by atoms with Crippen molar-refractivity contribution in [3.63, 3.8) is 0 Å². The Bertz CT molecular complexity index is 2280. The molecule has 1 aromatic carbocycles. The number of carbonyl (C=O) groups is 3. The third-order valence-corrected chi connectivity index (χ3v) is 8.31. The van der Waals surface area contributed by atoms with Gasteiger partial charge in [0.05, 0.1) is 24.8 Å². The summed E-state index contributed by atoms with van der Waals surface area (Å²) in [5.74, 6) is -3.10. The summed E-state index contributed by atoms with van der Waals surface area (Å²) in [5.41, 5.74) is 14.8. The summed E-state index contributed by atoms with van der Waals surface area (Å²) in [6.07, 6.45) is 5.23. The molecule has 0 fully saturated rings. The summed E-state index contributed by atoms with van der Waals surface area (Å²) in [7, 11) is 3.50. The van der Waals surface area contributed by atoms with E-state index < -0.39 is 28.8 Å². The number of imidazole rings is 2. The second kappa shape index (κ2) is 15.7. The van der Waals surface area contributed by atoms with Gasteiger partial charge in [0, 0.05) is 31.8 Å². The summed E-state index contributed by atoms with van der Waals surface area (Å²) >= 11 is 1.15. The Balaban J connectivity index is 0.000000231. The number of aliphatic carboxylic acids is 2. The topological polar surface area (TPSA) is 326 Å². The summed E-state index contributed by atoms with van der Waals surface area (Å²) in [6, 6.07) is 5.16. The smallest absolute Gasteiger partial charge is 0.396 e. The molecule has 5 aromatic heterocycles. The number of nitrogen functional groups attached to an aromatic ring is 2. The van der Waals surface area contributed by atoms with Crippen LogP contribution in [0.4, 0.5) is 23.3 Å². The number of hydrogen-bond donors (Lipinski definition) is 6. The first kappa shape index (κ1) is 36.2. The first-order chi connectivity index (χ1) is 24.8. The quantitative estimate of drug-likeness (QED) is 0.0588. The highest BCUT2D eigenvalue weighted by Gasteiger charge is 2.24. The fraction of sp³-hybridized carbons (Fsp3) is 0.207. The average Bonchev–Trinajstić information content (AvgIpc) is 3.74. The van der Waals surface area contributed by atoms with E-state index in [0.717, 1.165) is 17.4 Å². The van der Waals surface area contributed by atoms with Crippen molar-refractivity contribution in [3.05, 3.63) is 70.8 Å². The lowest BCUT2D eigenvalue weighted by molar-refractivity contribution is -0.392. The molecule has 0 aliphatic heterocycles. The fourth-order valence-electron chi connectivity index (χ4n) is 4.59. The van der Waals surface area contributed by atoms with Gasteiger partial charge in [-0.25, -0.2) is 29.7 Å². The number of aryl methyl sites for hydroxylation is 1. The van der Waals surface area contributed by atoms with Gasteiger partial charge in [-0.3, -0.25) is 9.59 Å². The van der Waals surface area contributed by atoms with Crippen LogP contribution in [0.3, 0.4) is 0 Å². The number of carboxylic acid groups (broad SMARTS) is 2. The number of carboxylic acids is 2. The number of carbonyl (C=O) groups excluding carboxylic acids is 1. The highest BCUT2D eigenvalue weighted by Crippen LogP contribution is 2.34. The normalized spacial score (nSPS) is 11.4. The van der Waals surface area contributed by atoms with Crippen molar-refractivity contribution < 1.29 is 29.5 Å². The Morgan fingerprint density at radius 3 is 2.50 bits per heavy atom. The minimum absolute atomic E-state index is 0.0138. The molecule has 6 aromatic rings. The summed E-state index contributed by atoms with van der Waals surface area (Å²) in [6.45, 7) is 0.370. The number of H-pyrrole nitrogens is 1. The Morgan fingerprint density at radius 1 is 1.06 bits per heavy atom. The molecule has 8 N–H and O–H groups in total. The van der Waals surface area contributed by atoms with Crippen molar-refractivity contribution >= 4 is 75.2 Å². The van der Waals surface area contributed by atoms with Crippen molar-refractivity contribution in [3.8, 4) is 0 Å². The number of hydrogen-bond acceptors (Lipinski definition) is 17. The number of anilines is 3. The molecule has 22 nitrogen and oxygen atoms in total. The molecule has 0 saturated heterocycles. The van der Waals surface area contributed by atoms with Crippen LogP contribution < -0.4 is 21.7 Å². The molecule has 0 saturated carbocycles. The van der Waals surface area contributed by atoms with E-state index in [1.165, 1.54) is 31.1 Å². The highest BCUT2D eigenvalue weighted by molar-refractivity contribution is 7.99. The minimum Gasteiger partial charge on any atom is -0.481 e. The average molecular weight is 732 g/mol. The Morgan fingerprint density at radius 2 is 1.81 bits per heavy atom. The van der Waals surface area contributed by atoms with Crippen LogP contribution in [0.15, 0.2) is 59.5 Å². The first-order valence-electron chi connectivity index (χ1n) is 14.9. The lowest BCUT2D eigenvalue weighted by Crippen LogP contribution is -2.41. The van der Waals surface area contributed by atoms with E-state index >= 15 is 0 Å². The molecule has 1 atom stereocenters. The summed E-state index contributed by atoms with van der Waals surface area (Å²) < 4.78 is 1.58. The van der Waals surface area contributed by atoms with E-state index in [-0.39, 0.29) is 36.0 Å². The van der Waals surface area contributed by atoms with Crippen LogP contribution in [-0.2, 0) is 23.2 Å². The number of rotatable bonds is 12. The zero-order valence-electron chi connectivity index (χ0n) is 27.2. The standard InChI is InChI=1S/C20H22N8O5.C9H7N7O2S/c1-28(9-11-8-23-17-15(24-11)16(21)26-20(22)27-17)12-4-2-10(3-5-12)18(31)25-13(19(32)33)6-7-14(29)30;1-15-4-14-7(16(17)18)9(15)19-8-5-6(11-2-10-5)12-3-13-8/h2-5,8,13H,6-7,9H2,1H3,(H,25,31)(H,29,30)(H,32,33)(H4,21,22,23,26,27);2-4H,1H3,(H,10,11,12,13)/t13-;/m0./s1. The van der Waals surface area contributed by atoms with Gasteiger partial charge < -0.3 is 51.6 Å². The van der Waals surface area contributed by atoms with Gasteiger partial charge in [0.2, 0.25) is 12.3 Å². The van der Waals surface area contributed by atoms with Crippen LogP contribution in [0.2, 0.25) is 0 Å². The zero-order chi connectivity index (χ0) is 37.5. The van der Waals surface area contributed by atoms with Crippen LogP contribution in [0, 0.1) is 10.1 Å². The monoisotopic (exact) mass is 731 g/mol. The molecule has 6 rings (SSSR count). The summed E-state index contributed by atoms with van der Waals surface area (Å²) in [4.78, 5) is 81.9. The fourth-order valence-corrected chi connectivity index (χ4v) is 5.53. The maximum atomic E-state index is 12.4. The van der Waals surface area contributed by atoms with Gasteiger partial charge >= 0.3 is 17.8 Å². The molecular formula is C29H29N15O7S. The van der Waals surface area contributed by atoms with Crippen molar-refractivity contribution in [1.82, 2.24) is 54.7 Å². The number of nitro groups is 1. The van der Waals surface area contributed by atoms with Crippen molar-refractivity contribution in [2.45, 2.75) is 35.5 Å². The van der Waals surface area contributed by atoms with Crippen LogP contribution in [0.1, 0.15) is 28.9 Å². The Hall–Kier alpha value is -7.04.